The van der Waals surface area contributed by atoms with Crippen LogP contribution in [0.2, 0.25) is 0 Å². The van der Waals surface area contributed by atoms with Crippen LogP contribution >= 0.6 is 12.4 Å². The first-order chi connectivity index (χ1) is 10.2. The van der Waals surface area contributed by atoms with Crippen molar-refractivity contribution >= 4 is 24.0 Å². The highest BCUT2D eigenvalue weighted by atomic mass is 35.5. The molecule has 116 valence electrons. The van der Waals surface area contributed by atoms with E-state index in [1.807, 2.05) is 41.3 Å². The molecule has 1 amide bonds. The van der Waals surface area contributed by atoms with Crippen molar-refractivity contribution in [3.8, 4) is 0 Å². The Kier molecular flexibility index (Phi) is 5.39. The second kappa shape index (κ2) is 7.27. The number of carbonyl (C=O) groups is 1. The zero-order chi connectivity index (χ0) is 14.7. The summed E-state index contributed by atoms with van der Waals surface area (Å²) in [5, 5.41) is 0. The SMILES string of the molecule is Cl.Nc1ccc(CC(=O)N2CCCC2c2ccncc2)cc1. The molecule has 2 heterocycles. The van der Waals surface area contributed by atoms with E-state index in [-0.39, 0.29) is 24.4 Å². The summed E-state index contributed by atoms with van der Waals surface area (Å²) in [6, 6.07) is 11.7. The second-order valence-electron chi connectivity index (χ2n) is 5.44. The van der Waals surface area contributed by atoms with Gasteiger partial charge in [-0.2, -0.15) is 0 Å². The van der Waals surface area contributed by atoms with Crippen molar-refractivity contribution in [2.75, 3.05) is 12.3 Å². The van der Waals surface area contributed by atoms with E-state index >= 15 is 0 Å². The predicted octanol–water partition coefficient (Wildman–Crippen LogP) is 2.99. The number of aromatic nitrogens is 1. The lowest BCUT2D eigenvalue weighted by molar-refractivity contribution is -0.131. The van der Waals surface area contributed by atoms with Gasteiger partial charge in [0.05, 0.1) is 12.5 Å². The van der Waals surface area contributed by atoms with Crippen molar-refractivity contribution in [1.82, 2.24) is 9.88 Å². The third kappa shape index (κ3) is 3.57. The van der Waals surface area contributed by atoms with Gasteiger partial charge in [0.1, 0.15) is 0 Å². The fourth-order valence-corrected chi connectivity index (χ4v) is 2.91. The van der Waals surface area contributed by atoms with Gasteiger partial charge in [0.25, 0.3) is 0 Å². The lowest BCUT2D eigenvalue weighted by atomic mass is 10.1. The number of amides is 1. The minimum absolute atomic E-state index is 0. The number of halogens is 1. The van der Waals surface area contributed by atoms with Crippen molar-refractivity contribution in [2.45, 2.75) is 25.3 Å². The molecular weight excluding hydrogens is 298 g/mol. The molecule has 22 heavy (non-hydrogen) atoms. The summed E-state index contributed by atoms with van der Waals surface area (Å²) in [4.78, 5) is 18.6. The Morgan fingerprint density at radius 3 is 2.55 bits per heavy atom. The molecule has 0 saturated carbocycles. The first-order valence-corrected chi connectivity index (χ1v) is 7.28. The van der Waals surface area contributed by atoms with Crippen LogP contribution in [0.1, 0.15) is 30.0 Å². The van der Waals surface area contributed by atoms with Crippen LogP contribution in [0.15, 0.2) is 48.8 Å². The molecule has 1 aromatic heterocycles. The molecule has 0 bridgehead atoms. The largest absolute Gasteiger partial charge is 0.399 e. The van der Waals surface area contributed by atoms with Crippen molar-refractivity contribution in [3.05, 3.63) is 59.9 Å². The van der Waals surface area contributed by atoms with Gasteiger partial charge in [-0.3, -0.25) is 9.78 Å². The lowest BCUT2D eigenvalue weighted by Crippen LogP contribution is -2.31. The summed E-state index contributed by atoms with van der Waals surface area (Å²) >= 11 is 0. The maximum Gasteiger partial charge on any atom is 0.227 e. The number of nitrogens with two attached hydrogens (primary N) is 1. The molecule has 0 radical (unpaired) electrons. The van der Waals surface area contributed by atoms with Gasteiger partial charge in [0.2, 0.25) is 5.91 Å². The molecule has 0 aliphatic carbocycles. The Morgan fingerprint density at radius 2 is 1.86 bits per heavy atom. The van der Waals surface area contributed by atoms with E-state index in [2.05, 4.69) is 4.98 Å². The Bertz CT molecular complexity index is 616. The highest BCUT2D eigenvalue weighted by Gasteiger charge is 2.29. The second-order valence-corrected chi connectivity index (χ2v) is 5.44. The molecule has 1 aliphatic heterocycles. The van der Waals surface area contributed by atoms with Crippen LogP contribution in [-0.4, -0.2) is 22.3 Å². The standard InChI is InChI=1S/C17H19N3O.ClH/c18-15-5-3-13(4-6-15)12-17(21)20-11-1-2-16(20)14-7-9-19-10-8-14;/h3-10,16H,1-2,11-12,18H2;1H. The van der Waals surface area contributed by atoms with E-state index in [0.29, 0.717) is 6.42 Å². The summed E-state index contributed by atoms with van der Waals surface area (Å²) < 4.78 is 0. The van der Waals surface area contributed by atoms with Crippen LogP contribution in [-0.2, 0) is 11.2 Å². The van der Waals surface area contributed by atoms with E-state index in [0.717, 1.165) is 30.6 Å². The number of nitrogen functional groups attached to an aromatic ring is 1. The maximum atomic E-state index is 12.6. The molecule has 1 aromatic carbocycles. The summed E-state index contributed by atoms with van der Waals surface area (Å²) in [7, 11) is 0. The number of anilines is 1. The van der Waals surface area contributed by atoms with Crippen LogP contribution < -0.4 is 5.73 Å². The predicted molar refractivity (Wildman–Crippen MR) is 89.7 cm³/mol. The summed E-state index contributed by atoms with van der Waals surface area (Å²) in [6.45, 7) is 0.834. The highest BCUT2D eigenvalue weighted by Crippen LogP contribution is 2.32. The van der Waals surface area contributed by atoms with Gasteiger partial charge < -0.3 is 10.6 Å². The average molecular weight is 318 g/mol. The van der Waals surface area contributed by atoms with Crippen LogP contribution in [0.25, 0.3) is 0 Å². The van der Waals surface area contributed by atoms with Gasteiger partial charge in [0, 0.05) is 24.6 Å². The molecular formula is C17H20ClN3O. The van der Waals surface area contributed by atoms with Gasteiger partial charge in [-0.15, -0.1) is 12.4 Å². The smallest absolute Gasteiger partial charge is 0.227 e. The number of benzene rings is 1. The zero-order valence-electron chi connectivity index (χ0n) is 12.3. The summed E-state index contributed by atoms with van der Waals surface area (Å²) in [6.07, 6.45) is 6.09. The Morgan fingerprint density at radius 1 is 1.18 bits per heavy atom. The fourth-order valence-electron chi connectivity index (χ4n) is 2.91. The quantitative estimate of drug-likeness (QED) is 0.885. The van der Waals surface area contributed by atoms with Gasteiger partial charge in [0.15, 0.2) is 0 Å². The Labute approximate surface area is 136 Å². The van der Waals surface area contributed by atoms with Crippen LogP contribution in [0.3, 0.4) is 0 Å². The maximum absolute atomic E-state index is 12.6. The third-order valence-corrected chi connectivity index (χ3v) is 4.00. The molecule has 3 rings (SSSR count). The average Bonchev–Trinajstić information content (AvgIpc) is 3.00. The van der Waals surface area contributed by atoms with E-state index in [1.165, 1.54) is 5.56 Å². The van der Waals surface area contributed by atoms with Crippen molar-refractivity contribution in [2.24, 2.45) is 0 Å². The van der Waals surface area contributed by atoms with Crippen LogP contribution in [0, 0.1) is 0 Å². The summed E-state index contributed by atoms with van der Waals surface area (Å²) in [5.41, 5.74) is 8.58. The number of likely N-dealkylation sites (tertiary alicyclic amines) is 1. The topological polar surface area (TPSA) is 59.2 Å². The van der Waals surface area contributed by atoms with Gasteiger partial charge in [-0.25, -0.2) is 0 Å². The molecule has 2 aromatic rings. The van der Waals surface area contributed by atoms with E-state index in [9.17, 15) is 4.79 Å². The number of rotatable bonds is 3. The fraction of sp³-hybridized carbons (Fsp3) is 0.294. The molecule has 1 atom stereocenters. The molecule has 4 nitrogen and oxygen atoms in total. The van der Waals surface area contributed by atoms with Gasteiger partial charge in [-0.05, 0) is 48.2 Å². The van der Waals surface area contributed by atoms with E-state index < -0.39 is 0 Å². The van der Waals surface area contributed by atoms with Crippen LogP contribution in [0.5, 0.6) is 0 Å². The number of pyridine rings is 1. The molecule has 5 heteroatoms. The first-order valence-electron chi connectivity index (χ1n) is 7.28. The molecule has 1 fully saturated rings. The van der Waals surface area contributed by atoms with Crippen LogP contribution in [0.4, 0.5) is 5.69 Å². The number of carbonyl (C=O) groups excluding carboxylic acids is 1. The van der Waals surface area contributed by atoms with Crippen molar-refractivity contribution in [1.29, 1.82) is 0 Å². The first kappa shape index (κ1) is 16.3. The lowest BCUT2D eigenvalue weighted by Gasteiger charge is -2.25. The van der Waals surface area contributed by atoms with Crippen molar-refractivity contribution in [3.63, 3.8) is 0 Å². The molecule has 1 saturated heterocycles. The van der Waals surface area contributed by atoms with E-state index in [4.69, 9.17) is 5.73 Å². The van der Waals surface area contributed by atoms with Crippen molar-refractivity contribution < 1.29 is 4.79 Å². The van der Waals surface area contributed by atoms with Gasteiger partial charge >= 0.3 is 0 Å². The summed E-state index contributed by atoms with van der Waals surface area (Å²) in [5.74, 6) is 0.180. The molecule has 0 spiro atoms. The Hall–Kier alpha value is -2.07. The third-order valence-electron chi connectivity index (χ3n) is 4.00. The number of hydrogen-bond donors (Lipinski definition) is 1. The minimum Gasteiger partial charge on any atom is -0.399 e. The zero-order valence-corrected chi connectivity index (χ0v) is 13.1. The number of hydrogen-bond acceptors (Lipinski definition) is 3. The monoisotopic (exact) mass is 317 g/mol. The number of nitrogens with zero attached hydrogens (tertiary/aromatic N) is 2. The molecule has 1 aliphatic rings. The molecule has 1 unspecified atom stereocenters. The van der Waals surface area contributed by atoms with Gasteiger partial charge in [-0.1, -0.05) is 12.1 Å². The Balaban J connectivity index is 0.00000176. The minimum atomic E-state index is 0. The highest BCUT2D eigenvalue weighted by molar-refractivity contribution is 5.85. The normalized spacial score (nSPS) is 17.1. The van der Waals surface area contributed by atoms with E-state index in [1.54, 1.807) is 12.4 Å². The molecule has 2 N–H and O–H groups in total.